The number of carbonyl (C=O) groups excluding carboxylic acids is 1. The zero-order valence-electron chi connectivity index (χ0n) is 12.4. The molecule has 2 fully saturated rings. The minimum Gasteiger partial charge on any atom is -0.336 e. The van der Waals surface area contributed by atoms with Gasteiger partial charge in [-0.05, 0) is 37.5 Å². The average molecular weight is 297 g/mol. The lowest BCUT2D eigenvalue weighted by atomic mass is 10.1. The molecule has 2 atom stereocenters. The minimum atomic E-state index is 0.0170. The van der Waals surface area contributed by atoms with Gasteiger partial charge in [0, 0.05) is 43.8 Å². The van der Waals surface area contributed by atoms with Gasteiger partial charge in [0.15, 0.2) is 0 Å². The lowest BCUT2D eigenvalue weighted by molar-refractivity contribution is 0.0742. The predicted octanol–water partition coefficient (Wildman–Crippen LogP) is 1.23. The van der Waals surface area contributed by atoms with E-state index in [0.29, 0.717) is 17.8 Å². The normalized spacial score (nSPS) is 24.3. The van der Waals surface area contributed by atoms with Crippen molar-refractivity contribution in [3.63, 3.8) is 0 Å². The van der Waals surface area contributed by atoms with Crippen molar-refractivity contribution in [2.45, 2.75) is 31.3 Å². The molecule has 2 aromatic heterocycles. The van der Waals surface area contributed by atoms with Crippen molar-refractivity contribution in [2.75, 3.05) is 13.1 Å². The Morgan fingerprint density at radius 2 is 2.14 bits per heavy atom. The largest absolute Gasteiger partial charge is 0.336 e. The van der Waals surface area contributed by atoms with E-state index in [1.54, 1.807) is 17.1 Å². The van der Waals surface area contributed by atoms with Crippen LogP contribution >= 0.6 is 0 Å². The number of amides is 1. The Kier molecular flexibility index (Phi) is 3.38. The van der Waals surface area contributed by atoms with Crippen LogP contribution in [0.4, 0.5) is 0 Å². The Morgan fingerprint density at radius 3 is 3.00 bits per heavy atom. The average Bonchev–Trinajstić information content (AvgIpc) is 3.17. The number of hydrogen-bond donors (Lipinski definition) is 1. The molecule has 2 bridgehead atoms. The third-order valence-electron chi connectivity index (χ3n) is 4.54. The van der Waals surface area contributed by atoms with E-state index in [4.69, 9.17) is 0 Å². The molecule has 0 radical (unpaired) electrons. The minimum absolute atomic E-state index is 0.0170. The zero-order valence-corrected chi connectivity index (χ0v) is 12.4. The molecule has 0 spiro atoms. The van der Waals surface area contributed by atoms with Gasteiger partial charge in [0.1, 0.15) is 5.69 Å². The van der Waals surface area contributed by atoms with Crippen LogP contribution in [0.3, 0.4) is 0 Å². The van der Waals surface area contributed by atoms with Crippen molar-refractivity contribution in [1.29, 1.82) is 0 Å². The Labute approximate surface area is 129 Å². The van der Waals surface area contributed by atoms with Gasteiger partial charge in [0.25, 0.3) is 5.91 Å². The van der Waals surface area contributed by atoms with Crippen LogP contribution < -0.4 is 5.32 Å². The number of nitrogens with zero attached hydrogens (tertiary/aromatic N) is 4. The molecule has 1 amide bonds. The molecule has 2 aromatic rings. The smallest absolute Gasteiger partial charge is 0.272 e. The van der Waals surface area contributed by atoms with E-state index < -0.39 is 0 Å². The van der Waals surface area contributed by atoms with E-state index >= 15 is 0 Å². The Bertz CT molecular complexity index is 669. The third-order valence-corrected chi connectivity index (χ3v) is 4.54. The van der Waals surface area contributed by atoms with Crippen molar-refractivity contribution >= 4 is 5.91 Å². The summed E-state index contributed by atoms with van der Waals surface area (Å²) in [5, 5.41) is 7.79. The predicted molar refractivity (Wildman–Crippen MR) is 81.8 cm³/mol. The molecule has 4 heterocycles. The highest BCUT2D eigenvalue weighted by Gasteiger charge is 2.31. The van der Waals surface area contributed by atoms with E-state index in [0.717, 1.165) is 31.6 Å². The Balaban J connectivity index is 1.56. The van der Waals surface area contributed by atoms with Gasteiger partial charge < -0.3 is 10.2 Å². The molecule has 2 aliphatic heterocycles. The molecule has 22 heavy (non-hydrogen) atoms. The first kappa shape index (κ1) is 13.5. The van der Waals surface area contributed by atoms with Crippen LogP contribution in [-0.2, 0) is 0 Å². The van der Waals surface area contributed by atoms with E-state index in [-0.39, 0.29) is 5.91 Å². The summed E-state index contributed by atoms with van der Waals surface area (Å²) in [6.07, 6.45) is 8.68. The fourth-order valence-corrected chi connectivity index (χ4v) is 3.39. The van der Waals surface area contributed by atoms with E-state index in [9.17, 15) is 4.79 Å². The number of hydrogen-bond acceptors (Lipinski definition) is 4. The number of rotatable bonds is 2. The number of aromatic nitrogens is 3. The number of pyridine rings is 1. The molecule has 6 heteroatoms. The van der Waals surface area contributed by atoms with Crippen LogP contribution in [-0.4, -0.2) is 50.7 Å². The molecule has 0 aromatic carbocycles. The fourth-order valence-electron chi connectivity index (χ4n) is 3.39. The van der Waals surface area contributed by atoms with Crippen LogP contribution in [0.1, 0.15) is 29.8 Å². The maximum atomic E-state index is 12.8. The molecule has 2 saturated heterocycles. The molecule has 114 valence electrons. The lowest BCUT2D eigenvalue weighted by Crippen LogP contribution is -2.39. The molecule has 6 nitrogen and oxygen atoms in total. The summed E-state index contributed by atoms with van der Waals surface area (Å²) in [5.41, 5.74) is 1.35. The maximum absolute atomic E-state index is 12.8. The third kappa shape index (κ3) is 2.50. The lowest BCUT2D eigenvalue weighted by Gasteiger charge is -2.24. The van der Waals surface area contributed by atoms with Crippen molar-refractivity contribution in [2.24, 2.45) is 0 Å². The molecule has 1 N–H and O–H groups in total. The Morgan fingerprint density at radius 1 is 1.23 bits per heavy atom. The highest BCUT2D eigenvalue weighted by atomic mass is 16.2. The van der Waals surface area contributed by atoms with Crippen LogP contribution in [0.5, 0.6) is 0 Å². The topological polar surface area (TPSA) is 63.1 Å². The second-order valence-electron chi connectivity index (χ2n) is 6.03. The monoisotopic (exact) mass is 297 g/mol. The molecular weight excluding hydrogens is 278 g/mol. The van der Waals surface area contributed by atoms with E-state index in [2.05, 4.69) is 15.4 Å². The Hall–Kier alpha value is -2.21. The summed E-state index contributed by atoms with van der Waals surface area (Å²) in [6.45, 7) is 1.59. The van der Waals surface area contributed by atoms with Crippen molar-refractivity contribution in [1.82, 2.24) is 25.0 Å². The van der Waals surface area contributed by atoms with Crippen molar-refractivity contribution in [3.05, 3.63) is 42.5 Å². The van der Waals surface area contributed by atoms with Gasteiger partial charge in [0.2, 0.25) is 0 Å². The second-order valence-corrected chi connectivity index (χ2v) is 6.03. The molecular formula is C16H19N5O. The quantitative estimate of drug-likeness (QED) is 0.906. The van der Waals surface area contributed by atoms with Crippen LogP contribution in [0, 0.1) is 0 Å². The highest BCUT2D eigenvalue weighted by Crippen LogP contribution is 2.21. The highest BCUT2D eigenvalue weighted by molar-refractivity contribution is 5.92. The number of nitrogens with one attached hydrogen (secondary N) is 1. The zero-order chi connectivity index (χ0) is 14.9. The molecule has 0 saturated carbocycles. The van der Waals surface area contributed by atoms with E-state index in [1.165, 1.54) is 6.42 Å². The van der Waals surface area contributed by atoms with Crippen LogP contribution in [0.25, 0.3) is 5.69 Å². The van der Waals surface area contributed by atoms with Crippen LogP contribution in [0.15, 0.2) is 36.8 Å². The molecule has 4 rings (SSSR count). The first-order valence-electron chi connectivity index (χ1n) is 7.81. The fraction of sp³-hybridized carbons (Fsp3) is 0.438. The van der Waals surface area contributed by atoms with Gasteiger partial charge in [-0.25, -0.2) is 4.68 Å². The molecule has 2 unspecified atom stereocenters. The SMILES string of the molecule is O=C(c1cc(-n2cccn2)ccn1)N1CCC2CCC(C1)N2. The van der Waals surface area contributed by atoms with Gasteiger partial charge in [-0.1, -0.05) is 0 Å². The van der Waals surface area contributed by atoms with Crippen LogP contribution in [0.2, 0.25) is 0 Å². The number of likely N-dealkylation sites (tertiary alicyclic amines) is 1. The summed E-state index contributed by atoms with van der Waals surface area (Å²) >= 11 is 0. The van der Waals surface area contributed by atoms with Gasteiger partial charge in [0.05, 0.1) is 5.69 Å². The molecule has 2 aliphatic rings. The van der Waals surface area contributed by atoms with Gasteiger partial charge in [-0.3, -0.25) is 9.78 Å². The standard InChI is InChI=1S/C16H19N5O/c22-16(20-9-5-12-2-3-13(11-20)19-12)15-10-14(4-7-17-15)21-8-1-6-18-21/h1,4,6-8,10,12-13,19H,2-3,5,9,11H2. The van der Waals surface area contributed by atoms with Crippen molar-refractivity contribution in [3.8, 4) is 5.69 Å². The summed E-state index contributed by atoms with van der Waals surface area (Å²) < 4.78 is 1.74. The first-order valence-corrected chi connectivity index (χ1v) is 7.81. The number of fused-ring (bicyclic) bond motifs is 2. The summed E-state index contributed by atoms with van der Waals surface area (Å²) in [5.74, 6) is 0.0170. The maximum Gasteiger partial charge on any atom is 0.272 e. The number of carbonyl (C=O) groups is 1. The summed E-state index contributed by atoms with van der Waals surface area (Å²) in [7, 11) is 0. The second kappa shape index (κ2) is 5.53. The molecule has 0 aliphatic carbocycles. The summed E-state index contributed by atoms with van der Waals surface area (Å²) in [4.78, 5) is 19.0. The first-order chi connectivity index (χ1) is 10.8. The van der Waals surface area contributed by atoms with Crippen molar-refractivity contribution < 1.29 is 4.79 Å². The van der Waals surface area contributed by atoms with Gasteiger partial charge in [-0.15, -0.1) is 0 Å². The van der Waals surface area contributed by atoms with Gasteiger partial charge in [-0.2, -0.15) is 5.10 Å². The van der Waals surface area contributed by atoms with Gasteiger partial charge >= 0.3 is 0 Å². The van der Waals surface area contributed by atoms with E-state index in [1.807, 2.05) is 29.3 Å². The summed E-state index contributed by atoms with van der Waals surface area (Å²) in [6, 6.07) is 6.54.